The lowest BCUT2D eigenvalue weighted by atomic mass is 10.2. The molecular formula is C18H26N2O4. The van der Waals surface area contributed by atoms with Crippen molar-refractivity contribution in [1.29, 1.82) is 0 Å². The average Bonchev–Trinajstić information content (AvgIpc) is 2.99. The van der Waals surface area contributed by atoms with E-state index in [1.807, 2.05) is 51.1 Å². The Morgan fingerprint density at radius 3 is 2.62 bits per heavy atom. The third-order valence-electron chi connectivity index (χ3n) is 3.70. The molecule has 6 heteroatoms. The molecule has 1 aromatic carbocycles. The summed E-state index contributed by atoms with van der Waals surface area (Å²) in [7, 11) is 0. The highest BCUT2D eigenvalue weighted by atomic mass is 16.6. The Morgan fingerprint density at radius 1 is 1.25 bits per heavy atom. The summed E-state index contributed by atoms with van der Waals surface area (Å²) in [5.74, 6) is 0. The van der Waals surface area contributed by atoms with E-state index in [2.05, 4.69) is 5.32 Å². The van der Waals surface area contributed by atoms with Crippen LogP contribution >= 0.6 is 0 Å². The summed E-state index contributed by atoms with van der Waals surface area (Å²) in [4.78, 5) is 25.7. The number of amides is 2. The van der Waals surface area contributed by atoms with Crippen LogP contribution in [0.4, 0.5) is 9.59 Å². The topological polar surface area (TPSA) is 67.9 Å². The molecule has 0 bridgehead atoms. The second-order valence-corrected chi connectivity index (χ2v) is 6.91. The van der Waals surface area contributed by atoms with E-state index in [1.54, 1.807) is 4.90 Å². The number of likely N-dealkylation sites (tertiary alicyclic amines) is 1. The van der Waals surface area contributed by atoms with Crippen LogP contribution in [0.2, 0.25) is 0 Å². The van der Waals surface area contributed by atoms with Gasteiger partial charge >= 0.3 is 12.2 Å². The molecule has 0 aromatic heterocycles. The van der Waals surface area contributed by atoms with E-state index in [4.69, 9.17) is 9.47 Å². The van der Waals surface area contributed by atoms with E-state index >= 15 is 0 Å². The second kappa shape index (κ2) is 8.04. The molecule has 1 atom stereocenters. The number of alkyl carbamates (subject to hydrolysis) is 1. The number of carbonyl (C=O) groups is 2. The summed E-state index contributed by atoms with van der Waals surface area (Å²) in [6, 6.07) is 9.45. The quantitative estimate of drug-likeness (QED) is 0.917. The first-order valence-corrected chi connectivity index (χ1v) is 8.29. The number of nitrogens with zero attached hydrogens (tertiary/aromatic N) is 1. The van der Waals surface area contributed by atoms with E-state index in [0.717, 1.165) is 18.4 Å². The predicted molar refractivity (Wildman–Crippen MR) is 90.6 cm³/mol. The number of benzene rings is 1. The lowest BCUT2D eigenvalue weighted by molar-refractivity contribution is 0.0224. The molecular weight excluding hydrogens is 308 g/mol. The van der Waals surface area contributed by atoms with Gasteiger partial charge in [0.2, 0.25) is 0 Å². The van der Waals surface area contributed by atoms with Gasteiger partial charge in [-0.1, -0.05) is 30.3 Å². The summed E-state index contributed by atoms with van der Waals surface area (Å²) >= 11 is 0. The Balaban J connectivity index is 1.76. The van der Waals surface area contributed by atoms with Crippen molar-refractivity contribution < 1.29 is 19.1 Å². The highest BCUT2D eigenvalue weighted by Crippen LogP contribution is 2.20. The molecule has 1 aliphatic rings. The fourth-order valence-electron chi connectivity index (χ4n) is 2.58. The van der Waals surface area contributed by atoms with E-state index in [1.165, 1.54) is 0 Å². The number of carbonyl (C=O) groups excluding carboxylic acids is 2. The lowest BCUT2D eigenvalue weighted by Gasteiger charge is -2.28. The van der Waals surface area contributed by atoms with Crippen molar-refractivity contribution in [3.63, 3.8) is 0 Å². The molecule has 1 aromatic rings. The Bertz CT molecular complexity index is 554. The van der Waals surface area contributed by atoms with Crippen LogP contribution in [-0.4, -0.2) is 41.8 Å². The van der Waals surface area contributed by atoms with Crippen LogP contribution in [-0.2, 0) is 16.1 Å². The molecule has 2 amide bonds. The summed E-state index contributed by atoms with van der Waals surface area (Å²) in [5.41, 5.74) is 0.413. The van der Waals surface area contributed by atoms with Crippen LogP contribution in [0.3, 0.4) is 0 Å². The maximum Gasteiger partial charge on any atom is 0.410 e. The summed E-state index contributed by atoms with van der Waals surface area (Å²) < 4.78 is 10.6. The number of hydrogen-bond acceptors (Lipinski definition) is 4. The largest absolute Gasteiger partial charge is 0.445 e. The molecule has 0 unspecified atom stereocenters. The van der Waals surface area contributed by atoms with Gasteiger partial charge in [-0.25, -0.2) is 9.59 Å². The van der Waals surface area contributed by atoms with Gasteiger partial charge in [0.15, 0.2) is 0 Å². The van der Waals surface area contributed by atoms with Crippen molar-refractivity contribution in [2.75, 3.05) is 13.1 Å². The fraction of sp³-hybridized carbons (Fsp3) is 0.556. The molecule has 1 fully saturated rings. The van der Waals surface area contributed by atoms with E-state index < -0.39 is 11.7 Å². The molecule has 132 valence electrons. The van der Waals surface area contributed by atoms with Crippen molar-refractivity contribution in [3.05, 3.63) is 35.9 Å². The Morgan fingerprint density at radius 2 is 1.96 bits per heavy atom. The van der Waals surface area contributed by atoms with Crippen LogP contribution in [0.1, 0.15) is 39.2 Å². The third kappa shape index (κ3) is 5.76. The predicted octanol–water partition coefficient (Wildman–Crippen LogP) is 3.31. The van der Waals surface area contributed by atoms with Gasteiger partial charge in [0.1, 0.15) is 12.2 Å². The Kier molecular flexibility index (Phi) is 6.06. The third-order valence-corrected chi connectivity index (χ3v) is 3.70. The minimum atomic E-state index is -0.522. The Hall–Kier alpha value is -2.24. The van der Waals surface area contributed by atoms with Crippen LogP contribution in [0.25, 0.3) is 0 Å². The van der Waals surface area contributed by atoms with Crippen LogP contribution < -0.4 is 5.32 Å². The van der Waals surface area contributed by atoms with Crippen LogP contribution in [0.5, 0.6) is 0 Å². The van der Waals surface area contributed by atoms with Crippen molar-refractivity contribution >= 4 is 12.2 Å². The van der Waals surface area contributed by atoms with Gasteiger partial charge in [-0.2, -0.15) is 0 Å². The minimum Gasteiger partial charge on any atom is -0.445 e. The molecule has 24 heavy (non-hydrogen) atoms. The van der Waals surface area contributed by atoms with Crippen molar-refractivity contribution in [3.8, 4) is 0 Å². The summed E-state index contributed by atoms with van der Waals surface area (Å²) in [5, 5.41) is 2.73. The SMILES string of the molecule is CC(C)(C)OC(=O)N1CCC[C@@H]1CNC(=O)OCc1ccccc1. The first kappa shape index (κ1) is 18.1. The number of rotatable bonds is 4. The van der Waals surface area contributed by atoms with E-state index in [0.29, 0.717) is 13.1 Å². The first-order chi connectivity index (χ1) is 11.3. The highest BCUT2D eigenvalue weighted by Gasteiger charge is 2.32. The standard InChI is InChI=1S/C18H26N2O4/c1-18(2,3)24-17(22)20-11-7-10-15(20)12-19-16(21)23-13-14-8-5-4-6-9-14/h4-6,8-9,15H,7,10-13H2,1-3H3,(H,19,21)/t15-/m1/s1. The van der Waals surface area contributed by atoms with Gasteiger partial charge in [-0.05, 0) is 39.2 Å². The van der Waals surface area contributed by atoms with Gasteiger partial charge < -0.3 is 19.7 Å². The van der Waals surface area contributed by atoms with E-state index in [-0.39, 0.29) is 18.7 Å². The number of hydrogen-bond donors (Lipinski definition) is 1. The Labute approximate surface area is 143 Å². The molecule has 0 radical (unpaired) electrons. The van der Waals surface area contributed by atoms with Crippen LogP contribution in [0, 0.1) is 0 Å². The molecule has 0 saturated carbocycles. The van der Waals surface area contributed by atoms with Gasteiger partial charge in [0.25, 0.3) is 0 Å². The lowest BCUT2D eigenvalue weighted by Crippen LogP contribution is -2.45. The van der Waals surface area contributed by atoms with Crippen molar-refractivity contribution in [1.82, 2.24) is 10.2 Å². The van der Waals surface area contributed by atoms with E-state index in [9.17, 15) is 9.59 Å². The molecule has 0 spiro atoms. The van der Waals surface area contributed by atoms with Gasteiger partial charge in [0, 0.05) is 13.1 Å². The smallest absolute Gasteiger partial charge is 0.410 e. The van der Waals surface area contributed by atoms with Crippen molar-refractivity contribution in [2.45, 2.75) is 51.9 Å². The van der Waals surface area contributed by atoms with Gasteiger partial charge in [0.05, 0.1) is 6.04 Å². The zero-order valence-corrected chi connectivity index (χ0v) is 14.6. The molecule has 2 rings (SSSR count). The fourth-order valence-corrected chi connectivity index (χ4v) is 2.58. The zero-order valence-electron chi connectivity index (χ0n) is 14.6. The average molecular weight is 334 g/mol. The number of ether oxygens (including phenoxy) is 2. The van der Waals surface area contributed by atoms with Crippen molar-refractivity contribution in [2.24, 2.45) is 0 Å². The van der Waals surface area contributed by atoms with Crippen LogP contribution in [0.15, 0.2) is 30.3 Å². The highest BCUT2D eigenvalue weighted by molar-refractivity contribution is 5.70. The normalized spacial score (nSPS) is 17.5. The first-order valence-electron chi connectivity index (χ1n) is 8.29. The minimum absolute atomic E-state index is 0.0517. The number of nitrogens with one attached hydrogen (secondary N) is 1. The zero-order chi connectivity index (χ0) is 17.6. The molecule has 6 nitrogen and oxygen atoms in total. The van der Waals surface area contributed by atoms with Gasteiger partial charge in [-0.15, -0.1) is 0 Å². The van der Waals surface area contributed by atoms with Gasteiger partial charge in [-0.3, -0.25) is 0 Å². The molecule has 1 aliphatic heterocycles. The molecule has 0 aliphatic carbocycles. The molecule has 1 heterocycles. The second-order valence-electron chi connectivity index (χ2n) is 6.91. The maximum atomic E-state index is 12.2. The summed E-state index contributed by atoms with van der Waals surface area (Å²) in [6.07, 6.45) is 0.947. The summed E-state index contributed by atoms with van der Waals surface area (Å²) in [6.45, 7) is 6.78. The molecule has 1 saturated heterocycles. The molecule has 1 N–H and O–H groups in total. The maximum absolute atomic E-state index is 12.2. The monoisotopic (exact) mass is 334 g/mol.